The van der Waals surface area contributed by atoms with Crippen LogP contribution in [0.1, 0.15) is 38.1 Å². The van der Waals surface area contributed by atoms with Crippen molar-refractivity contribution in [2.45, 2.75) is 46.5 Å². The number of ether oxygens (including phenoxy) is 1. The first-order valence-electron chi connectivity index (χ1n) is 8.22. The molecule has 26 heavy (non-hydrogen) atoms. The van der Waals surface area contributed by atoms with Crippen molar-refractivity contribution in [2.24, 2.45) is 0 Å². The average Bonchev–Trinajstić information content (AvgIpc) is 2.56. The van der Waals surface area contributed by atoms with Gasteiger partial charge in [0.1, 0.15) is 12.2 Å². The first kappa shape index (κ1) is 21.1. The monoisotopic (exact) mass is 369 g/mol. The zero-order valence-corrected chi connectivity index (χ0v) is 15.4. The van der Waals surface area contributed by atoms with Gasteiger partial charge >= 0.3 is 6.09 Å². The lowest BCUT2D eigenvalue weighted by atomic mass is 10.2. The van der Waals surface area contributed by atoms with Gasteiger partial charge in [-0.05, 0) is 33.8 Å². The number of carbonyl (C=O) groups excluding carboxylic acids is 2. The minimum Gasteiger partial charge on any atom is -0.388 e. The lowest BCUT2D eigenvalue weighted by molar-refractivity contribution is -0.757. The number of carbonyl (C=O) groups is 2. The van der Waals surface area contributed by atoms with Crippen LogP contribution in [0.15, 0.2) is 24.5 Å². The summed E-state index contributed by atoms with van der Waals surface area (Å²) in [6.07, 6.45) is 2.75. The van der Waals surface area contributed by atoms with E-state index in [0.717, 1.165) is 0 Å². The van der Waals surface area contributed by atoms with E-state index < -0.39 is 17.1 Å². The fraction of sp³-hybridized carbons (Fsp3) is 0.562. The van der Waals surface area contributed by atoms with Gasteiger partial charge in [0.25, 0.3) is 17.7 Å². The van der Waals surface area contributed by atoms with Crippen LogP contribution in [0.5, 0.6) is 0 Å². The summed E-state index contributed by atoms with van der Waals surface area (Å²) in [6.45, 7) is 7.35. The number of hydrogen-bond donors (Lipinski definition) is 1. The third-order valence-electron chi connectivity index (χ3n) is 3.37. The SMILES string of the molecule is CC(C)N(C(=O)OC[n+]1cccc(C(=O)NCCO[N+](=O)[O-])c1)C(C)C. The van der Waals surface area contributed by atoms with E-state index in [1.165, 1.54) is 6.20 Å². The zero-order chi connectivity index (χ0) is 19.7. The lowest BCUT2D eigenvalue weighted by Gasteiger charge is -2.28. The van der Waals surface area contributed by atoms with Crippen molar-refractivity contribution in [3.05, 3.63) is 40.2 Å². The molecule has 0 spiro atoms. The maximum Gasteiger partial charge on any atom is 0.415 e. The molecular formula is C16H25N4O6+. The van der Waals surface area contributed by atoms with Gasteiger partial charge in [0.15, 0.2) is 12.4 Å². The highest BCUT2D eigenvalue weighted by Crippen LogP contribution is 2.07. The highest BCUT2D eigenvalue weighted by molar-refractivity contribution is 5.93. The third kappa shape index (κ3) is 6.91. The Balaban J connectivity index is 2.59. The molecule has 10 heteroatoms. The topological polar surface area (TPSA) is 115 Å². The van der Waals surface area contributed by atoms with E-state index >= 15 is 0 Å². The van der Waals surface area contributed by atoms with Gasteiger partial charge in [-0.1, -0.05) is 0 Å². The van der Waals surface area contributed by atoms with Crippen LogP contribution >= 0.6 is 0 Å². The Morgan fingerprint density at radius 1 is 1.31 bits per heavy atom. The van der Waals surface area contributed by atoms with Crippen LogP contribution in [-0.2, 0) is 16.3 Å². The van der Waals surface area contributed by atoms with Gasteiger partial charge in [0.05, 0.1) is 0 Å². The molecule has 0 saturated carbocycles. The van der Waals surface area contributed by atoms with Crippen LogP contribution in [0.2, 0.25) is 0 Å². The van der Waals surface area contributed by atoms with E-state index in [1.54, 1.807) is 27.8 Å². The average molecular weight is 369 g/mol. The minimum absolute atomic E-state index is 0.00142. The normalized spacial score (nSPS) is 10.5. The smallest absolute Gasteiger partial charge is 0.388 e. The fourth-order valence-electron chi connectivity index (χ4n) is 2.35. The van der Waals surface area contributed by atoms with Crippen LogP contribution < -0.4 is 9.88 Å². The summed E-state index contributed by atoms with van der Waals surface area (Å²) in [5.74, 6) is -0.413. The van der Waals surface area contributed by atoms with Crippen LogP contribution in [0.4, 0.5) is 4.79 Å². The summed E-state index contributed by atoms with van der Waals surface area (Å²) in [7, 11) is 0. The van der Waals surface area contributed by atoms with Crippen molar-refractivity contribution in [1.82, 2.24) is 10.2 Å². The predicted octanol–water partition coefficient (Wildman–Crippen LogP) is 1.13. The molecule has 1 rings (SSSR count). The van der Waals surface area contributed by atoms with Crippen LogP contribution in [0.3, 0.4) is 0 Å². The van der Waals surface area contributed by atoms with Gasteiger partial charge < -0.3 is 19.8 Å². The molecule has 0 saturated heterocycles. The lowest BCUT2D eigenvalue weighted by Crippen LogP contribution is -2.45. The fourth-order valence-corrected chi connectivity index (χ4v) is 2.35. The Bertz CT molecular complexity index is 627. The number of amides is 2. The highest BCUT2D eigenvalue weighted by Gasteiger charge is 2.22. The number of pyridine rings is 1. The summed E-state index contributed by atoms with van der Waals surface area (Å²) in [6, 6.07) is 3.23. The number of hydrogen-bond acceptors (Lipinski definition) is 6. The molecule has 0 fully saturated rings. The molecule has 1 aromatic rings. The molecule has 2 amide bonds. The molecule has 0 aliphatic rings. The van der Waals surface area contributed by atoms with Crippen LogP contribution in [0.25, 0.3) is 0 Å². The molecule has 1 heterocycles. The Morgan fingerprint density at radius 3 is 2.54 bits per heavy atom. The number of aromatic nitrogens is 1. The van der Waals surface area contributed by atoms with Gasteiger partial charge in [-0.3, -0.25) is 4.79 Å². The molecule has 144 valence electrons. The Morgan fingerprint density at radius 2 is 1.96 bits per heavy atom. The third-order valence-corrected chi connectivity index (χ3v) is 3.37. The van der Waals surface area contributed by atoms with Crippen molar-refractivity contribution < 1.29 is 28.8 Å². The Kier molecular flexibility index (Phi) is 8.26. The van der Waals surface area contributed by atoms with E-state index in [-0.39, 0.29) is 32.0 Å². The van der Waals surface area contributed by atoms with Crippen molar-refractivity contribution in [1.29, 1.82) is 0 Å². The van der Waals surface area contributed by atoms with E-state index in [9.17, 15) is 19.7 Å². The van der Waals surface area contributed by atoms with E-state index in [4.69, 9.17) is 4.74 Å². The first-order valence-corrected chi connectivity index (χ1v) is 8.22. The molecule has 0 radical (unpaired) electrons. The molecule has 1 N–H and O–H groups in total. The van der Waals surface area contributed by atoms with E-state index in [2.05, 4.69) is 10.2 Å². The van der Waals surface area contributed by atoms with E-state index in [1.807, 2.05) is 27.7 Å². The summed E-state index contributed by atoms with van der Waals surface area (Å²) < 4.78 is 6.85. The van der Waals surface area contributed by atoms with Crippen molar-refractivity contribution >= 4 is 12.0 Å². The molecular weight excluding hydrogens is 344 g/mol. The van der Waals surface area contributed by atoms with Gasteiger partial charge in [0, 0.05) is 24.7 Å². The largest absolute Gasteiger partial charge is 0.415 e. The van der Waals surface area contributed by atoms with Crippen molar-refractivity contribution in [3.63, 3.8) is 0 Å². The van der Waals surface area contributed by atoms with Crippen molar-refractivity contribution in [3.8, 4) is 0 Å². The highest BCUT2D eigenvalue weighted by atomic mass is 16.9. The molecule has 0 bridgehead atoms. The Labute approximate surface area is 151 Å². The number of nitrogens with zero attached hydrogens (tertiary/aromatic N) is 3. The first-order chi connectivity index (χ1) is 12.2. The Hall–Kier alpha value is -2.91. The maximum absolute atomic E-state index is 12.2. The van der Waals surface area contributed by atoms with E-state index in [0.29, 0.717) is 5.56 Å². The van der Waals surface area contributed by atoms with Gasteiger partial charge in [0.2, 0.25) is 0 Å². The second-order valence-electron chi connectivity index (χ2n) is 6.05. The predicted molar refractivity (Wildman–Crippen MR) is 90.5 cm³/mol. The second-order valence-corrected chi connectivity index (χ2v) is 6.05. The minimum atomic E-state index is -0.922. The summed E-state index contributed by atoms with van der Waals surface area (Å²) in [5.41, 5.74) is 0.328. The summed E-state index contributed by atoms with van der Waals surface area (Å²) in [4.78, 5) is 40.0. The quantitative estimate of drug-likeness (QED) is 0.302. The molecule has 1 aromatic heterocycles. The van der Waals surface area contributed by atoms with Gasteiger partial charge in [-0.15, -0.1) is 10.1 Å². The van der Waals surface area contributed by atoms with Gasteiger partial charge in [-0.25, -0.2) is 4.79 Å². The number of nitrogens with one attached hydrogen (secondary N) is 1. The zero-order valence-electron chi connectivity index (χ0n) is 15.4. The van der Waals surface area contributed by atoms with Gasteiger partial charge in [-0.2, -0.15) is 4.57 Å². The van der Waals surface area contributed by atoms with Crippen molar-refractivity contribution in [2.75, 3.05) is 13.2 Å². The summed E-state index contributed by atoms with van der Waals surface area (Å²) >= 11 is 0. The molecule has 0 atom stereocenters. The van der Waals surface area contributed by atoms with Crippen LogP contribution in [0, 0.1) is 10.1 Å². The molecule has 10 nitrogen and oxygen atoms in total. The molecule has 0 aromatic carbocycles. The molecule has 0 aliphatic carbocycles. The maximum atomic E-state index is 12.2. The standard InChI is InChI=1S/C16H24N4O6/c1-12(2)19(13(3)4)16(22)25-11-18-8-5-6-14(10-18)15(21)17-7-9-26-20(23)24/h5-6,8,10,12-13H,7,9,11H2,1-4H3/p+1. The van der Waals surface area contributed by atoms with Crippen LogP contribution in [-0.4, -0.2) is 47.2 Å². The molecule has 0 aliphatic heterocycles. The number of rotatable bonds is 9. The second kappa shape index (κ2) is 10.2. The molecule has 0 unspecified atom stereocenters. The summed E-state index contributed by atoms with van der Waals surface area (Å²) in [5, 5.41) is 11.6.